The van der Waals surface area contributed by atoms with Gasteiger partial charge in [0.25, 0.3) is 5.91 Å². The molecule has 8 heteroatoms. The van der Waals surface area contributed by atoms with Crippen LogP contribution < -0.4 is 10.6 Å². The van der Waals surface area contributed by atoms with Gasteiger partial charge in [0.15, 0.2) is 0 Å². The van der Waals surface area contributed by atoms with E-state index in [-0.39, 0.29) is 18.3 Å². The second kappa shape index (κ2) is 11.8. The Balaban J connectivity index is 1.92. The molecule has 0 saturated heterocycles. The van der Waals surface area contributed by atoms with Crippen molar-refractivity contribution in [3.63, 3.8) is 0 Å². The summed E-state index contributed by atoms with van der Waals surface area (Å²) in [6, 6.07) is 18.3. The Morgan fingerprint density at radius 2 is 1.62 bits per heavy atom. The zero-order valence-corrected chi connectivity index (χ0v) is 21.9. The Morgan fingerprint density at radius 3 is 2.24 bits per heavy atom. The molecule has 3 amide bonds. The van der Waals surface area contributed by atoms with E-state index in [4.69, 9.17) is 4.74 Å². The Morgan fingerprint density at radius 1 is 0.973 bits per heavy atom. The average molecular weight is 506 g/mol. The number of ether oxygens (including phenoxy) is 1. The molecule has 0 aliphatic rings. The van der Waals surface area contributed by atoms with Crippen LogP contribution in [0.1, 0.15) is 52.6 Å². The first-order valence-corrected chi connectivity index (χ1v) is 12.3. The number of amides is 3. The van der Waals surface area contributed by atoms with E-state index in [1.165, 1.54) is 17.0 Å². The number of hydrogen-bond donors (Lipinski definition) is 3. The van der Waals surface area contributed by atoms with Gasteiger partial charge in [-0.05, 0) is 74.7 Å². The molecule has 0 spiro atoms. The van der Waals surface area contributed by atoms with Crippen molar-refractivity contribution in [1.82, 2.24) is 10.2 Å². The molecule has 0 aliphatic heterocycles. The Bertz CT molecular complexity index is 1250. The predicted octanol–water partition coefficient (Wildman–Crippen LogP) is 5.38. The molecule has 3 aromatic rings. The number of carbonyl (C=O) groups is 3. The molecule has 0 bridgehead atoms. The normalized spacial score (nSPS) is 12.9. The van der Waals surface area contributed by atoms with Gasteiger partial charge in [0.2, 0.25) is 5.91 Å². The molecule has 0 heterocycles. The molecule has 8 nitrogen and oxygen atoms in total. The lowest BCUT2D eigenvalue weighted by Gasteiger charge is -2.36. The molecule has 196 valence electrons. The van der Waals surface area contributed by atoms with E-state index < -0.39 is 29.6 Å². The fourth-order valence-corrected chi connectivity index (χ4v) is 3.97. The van der Waals surface area contributed by atoms with Crippen LogP contribution in [-0.4, -0.2) is 46.1 Å². The van der Waals surface area contributed by atoms with Crippen molar-refractivity contribution in [1.29, 1.82) is 0 Å². The van der Waals surface area contributed by atoms with E-state index in [1.807, 2.05) is 56.3 Å². The molecule has 0 aliphatic carbocycles. The van der Waals surface area contributed by atoms with Crippen LogP contribution >= 0.6 is 0 Å². The highest BCUT2D eigenvalue weighted by Gasteiger charge is 2.34. The summed E-state index contributed by atoms with van der Waals surface area (Å²) in [5.41, 5.74) is 0.413. The van der Waals surface area contributed by atoms with Crippen molar-refractivity contribution in [2.45, 2.75) is 58.7 Å². The van der Waals surface area contributed by atoms with Crippen LogP contribution in [0.2, 0.25) is 0 Å². The highest BCUT2D eigenvalue weighted by molar-refractivity contribution is 6.00. The number of phenols is 1. The minimum atomic E-state index is -1.00. The van der Waals surface area contributed by atoms with E-state index in [2.05, 4.69) is 10.6 Å². The topological polar surface area (TPSA) is 108 Å². The fraction of sp³-hybridized carbons (Fsp3) is 0.345. The summed E-state index contributed by atoms with van der Waals surface area (Å²) < 4.78 is 5.25. The second-order valence-electron chi connectivity index (χ2n) is 9.96. The number of fused-ring (bicyclic) bond motifs is 1. The van der Waals surface area contributed by atoms with Crippen LogP contribution in [0.5, 0.6) is 5.75 Å². The number of carbonyl (C=O) groups excluding carboxylic acids is 3. The zero-order chi connectivity index (χ0) is 27.2. The minimum absolute atomic E-state index is 0.0467. The van der Waals surface area contributed by atoms with Crippen molar-refractivity contribution in [2.75, 3.05) is 11.9 Å². The first kappa shape index (κ1) is 27.5. The number of rotatable bonds is 8. The average Bonchev–Trinajstić information content (AvgIpc) is 2.85. The number of phenolic OH excluding ortho intramolecular Hbond substituents is 1. The van der Waals surface area contributed by atoms with Gasteiger partial charge in [0.05, 0.1) is 0 Å². The second-order valence-corrected chi connectivity index (χ2v) is 9.96. The quantitative estimate of drug-likeness (QED) is 0.381. The van der Waals surface area contributed by atoms with Gasteiger partial charge < -0.3 is 25.4 Å². The summed E-state index contributed by atoms with van der Waals surface area (Å²) in [4.78, 5) is 40.8. The van der Waals surface area contributed by atoms with Crippen LogP contribution in [0, 0.1) is 0 Å². The first-order chi connectivity index (χ1) is 17.5. The molecule has 2 unspecified atom stereocenters. The molecule has 3 N–H and O–H groups in total. The van der Waals surface area contributed by atoms with Crippen molar-refractivity contribution in [3.05, 3.63) is 72.3 Å². The zero-order valence-electron chi connectivity index (χ0n) is 21.9. The third kappa shape index (κ3) is 7.46. The maximum atomic E-state index is 13.7. The molecule has 0 fully saturated rings. The standard InChI is InChI=1S/C29H35N3O5/c1-6-19(2)32(25(34)18-30-28(36)37-29(3,4)5)26(21-12-15-24(33)16-13-21)27(35)31-23-14-11-20-9-7-8-10-22(20)17-23/h7-17,19,26,33H,6,18H2,1-5H3,(H,30,36)(H,31,35). The lowest BCUT2D eigenvalue weighted by atomic mass is 10.0. The third-order valence-electron chi connectivity index (χ3n) is 5.89. The number of anilines is 1. The molecule has 0 aromatic heterocycles. The van der Waals surface area contributed by atoms with Gasteiger partial charge in [-0.15, -0.1) is 0 Å². The first-order valence-electron chi connectivity index (χ1n) is 12.3. The smallest absolute Gasteiger partial charge is 0.408 e. The van der Waals surface area contributed by atoms with Gasteiger partial charge >= 0.3 is 6.09 Å². The van der Waals surface area contributed by atoms with Crippen LogP contribution in [0.3, 0.4) is 0 Å². The van der Waals surface area contributed by atoms with Crippen molar-refractivity contribution < 1.29 is 24.2 Å². The van der Waals surface area contributed by atoms with E-state index in [9.17, 15) is 19.5 Å². The SMILES string of the molecule is CCC(C)N(C(=O)CNC(=O)OC(C)(C)C)C(C(=O)Nc1ccc2ccccc2c1)c1ccc(O)cc1. The monoisotopic (exact) mass is 505 g/mol. The molecule has 37 heavy (non-hydrogen) atoms. The molecular weight excluding hydrogens is 470 g/mol. The summed E-state index contributed by atoms with van der Waals surface area (Å²) in [7, 11) is 0. The van der Waals surface area contributed by atoms with Gasteiger partial charge in [0, 0.05) is 11.7 Å². The third-order valence-corrected chi connectivity index (χ3v) is 5.89. The summed E-state index contributed by atoms with van der Waals surface area (Å²) in [6.45, 7) is 8.63. The lowest BCUT2D eigenvalue weighted by Crippen LogP contribution is -2.50. The van der Waals surface area contributed by atoms with Gasteiger partial charge in [0.1, 0.15) is 23.9 Å². The summed E-state index contributed by atoms with van der Waals surface area (Å²) in [5.74, 6) is -0.802. The lowest BCUT2D eigenvalue weighted by molar-refractivity contribution is -0.140. The maximum absolute atomic E-state index is 13.7. The van der Waals surface area contributed by atoms with Gasteiger partial charge in [-0.3, -0.25) is 9.59 Å². The van der Waals surface area contributed by atoms with Crippen LogP contribution in [0.4, 0.5) is 10.5 Å². The molecular formula is C29H35N3O5. The molecule has 0 saturated carbocycles. The van der Waals surface area contributed by atoms with Gasteiger partial charge in [-0.2, -0.15) is 0 Å². The largest absolute Gasteiger partial charge is 0.508 e. The Labute approximate surface area is 217 Å². The minimum Gasteiger partial charge on any atom is -0.508 e. The van der Waals surface area contributed by atoms with Crippen molar-refractivity contribution in [3.8, 4) is 5.75 Å². The number of aromatic hydroxyl groups is 1. The summed E-state index contributed by atoms with van der Waals surface area (Å²) >= 11 is 0. The number of nitrogens with one attached hydrogen (secondary N) is 2. The van der Waals surface area contributed by atoms with Gasteiger partial charge in [-0.25, -0.2) is 4.79 Å². The maximum Gasteiger partial charge on any atom is 0.408 e. The van der Waals surface area contributed by atoms with E-state index in [0.717, 1.165) is 10.8 Å². The molecule has 2 atom stereocenters. The van der Waals surface area contributed by atoms with Crippen LogP contribution in [0.15, 0.2) is 66.7 Å². The number of benzene rings is 3. The van der Waals surface area contributed by atoms with E-state index in [1.54, 1.807) is 32.9 Å². The molecule has 0 radical (unpaired) electrons. The predicted molar refractivity (Wildman–Crippen MR) is 144 cm³/mol. The summed E-state index contributed by atoms with van der Waals surface area (Å²) in [5, 5.41) is 17.3. The van der Waals surface area contributed by atoms with Crippen molar-refractivity contribution in [2.24, 2.45) is 0 Å². The Hall–Kier alpha value is -4.07. The molecule has 3 rings (SSSR count). The molecule has 3 aromatic carbocycles. The fourth-order valence-electron chi connectivity index (χ4n) is 3.97. The van der Waals surface area contributed by atoms with Crippen LogP contribution in [-0.2, 0) is 14.3 Å². The Kier molecular flexibility index (Phi) is 8.76. The van der Waals surface area contributed by atoms with Crippen LogP contribution in [0.25, 0.3) is 10.8 Å². The number of nitrogens with zero attached hydrogens (tertiary/aromatic N) is 1. The number of hydrogen-bond acceptors (Lipinski definition) is 5. The number of alkyl carbamates (subject to hydrolysis) is 1. The van der Waals surface area contributed by atoms with E-state index >= 15 is 0 Å². The summed E-state index contributed by atoms with van der Waals surface area (Å²) in [6.07, 6.45) is -0.137. The highest BCUT2D eigenvalue weighted by Crippen LogP contribution is 2.28. The van der Waals surface area contributed by atoms with Gasteiger partial charge in [-0.1, -0.05) is 49.4 Å². The van der Waals surface area contributed by atoms with E-state index in [0.29, 0.717) is 17.7 Å². The van der Waals surface area contributed by atoms with Crippen molar-refractivity contribution >= 4 is 34.4 Å². The highest BCUT2D eigenvalue weighted by atomic mass is 16.6.